The molecule has 0 N–H and O–H groups in total. The highest BCUT2D eigenvalue weighted by molar-refractivity contribution is 5.68. The topological polar surface area (TPSA) is 47.4 Å². The van der Waals surface area contributed by atoms with Crippen LogP contribution in [0.1, 0.15) is 38.8 Å². The molecular formula is C14H21F2N3O2. The third kappa shape index (κ3) is 3.71. The van der Waals surface area contributed by atoms with Gasteiger partial charge >= 0.3 is 6.09 Å². The molecular weight excluding hydrogens is 280 g/mol. The summed E-state index contributed by atoms with van der Waals surface area (Å²) in [6.45, 7) is 5.16. The molecule has 1 unspecified atom stereocenters. The van der Waals surface area contributed by atoms with Gasteiger partial charge in [0.05, 0.1) is 11.6 Å². The average molecular weight is 301 g/mol. The Bertz CT molecular complexity index is 523. The van der Waals surface area contributed by atoms with E-state index in [2.05, 4.69) is 5.10 Å². The van der Waals surface area contributed by atoms with Crippen LogP contribution in [0.25, 0.3) is 0 Å². The molecule has 0 aromatic carbocycles. The zero-order valence-corrected chi connectivity index (χ0v) is 12.8. The summed E-state index contributed by atoms with van der Waals surface area (Å²) in [4.78, 5) is 13.4. The van der Waals surface area contributed by atoms with Crippen molar-refractivity contribution in [2.75, 3.05) is 13.1 Å². The van der Waals surface area contributed by atoms with E-state index in [1.54, 1.807) is 40.1 Å². The molecule has 7 heteroatoms. The van der Waals surface area contributed by atoms with Gasteiger partial charge in [-0.05, 0) is 26.8 Å². The van der Waals surface area contributed by atoms with Gasteiger partial charge in [-0.2, -0.15) is 5.10 Å². The summed E-state index contributed by atoms with van der Waals surface area (Å²) in [6, 6.07) is 1.57. The Morgan fingerprint density at radius 3 is 2.67 bits per heavy atom. The van der Waals surface area contributed by atoms with E-state index in [1.165, 1.54) is 9.58 Å². The van der Waals surface area contributed by atoms with Gasteiger partial charge in [-0.15, -0.1) is 0 Å². The number of carbonyl (C=O) groups is 1. The summed E-state index contributed by atoms with van der Waals surface area (Å²) in [6.07, 6.45) is 0.685. The standard InChI is InChI=1S/C14H21F2N3O2/c1-13(2,3)21-12(20)19-8-6-14(15,16)10(9-19)11-5-7-18(4)17-11/h5,7,10H,6,8-9H2,1-4H3. The van der Waals surface area contributed by atoms with Crippen LogP contribution in [-0.2, 0) is 11.8 Å². The summed E-state index contributed by atoms with van der Waals surface area (Å²) in [5.74, 6) is -3.97. The highest BCUT2D eigenvalue weighted by atomic mass is 19.3. The van der Waals surface area contributed by atoms with E-state index in [4.69, 9.17) is 4.74 Å². The van der Waals surface area contributed by atoms with Crippen molar-refractivity contribution in [1.82, 2.24) is 14.7 Å². The summed E-state index contributed by atoms with van der Waals surface area (Å²) < 4.78 is 35.0. The van der Waals surface area contributed by atoms with Gasteiger partial charge in [0.25, 0.3) is 5.92 Å². The number of rotatable bonds is 1. The minimum Gasteiger partial charge on any atom is -0.444 e. The average Bonchev–Trinajstić information content (AvgIpc) is 2.72. The van der Waals surface area contributed by atoms with E-state index in [1.807, 2.05) is 0 Å². The molecule has 0 spiro atoms. The Balaban J connectivity index is 2.14. The molecule has 1 saturated heterocycles. The Kier molecular flexibility index (Phi) is 3.95. The van der Waals surface area contributed by atoms with Crippen molar-refractivity contribution in [2.24, 2.45) is 7.05 Å². The molecule has 1 aromatic rings. The van der Waals surface area contributed by atoms with E-state index in [0.29, 0.717) is 5.69 Å². The van der Waals surface area contributed by atoms with E-state index in [0.717, 1.165) is 0 Å². The second-order valence-electron chi connectivity index (χ2n) is 6.40. The van der Waals surface area contributed by atoms with Crippen LogP contribution in [0.15, 0.2) is 12.3 Å². The fourth-order valence-corrected chi connectivity index (χ4v) is 2.32. The molecule has 1 aliphatic heterocycles. The maximum atomic E-state index is 14.1. The van der Waals surface area contributed by atoms with Gasteiger partial charge in [0.15, 0.2) is 0 Å². The maximum Gasteiger partial charge on any atom is 0.410 e. The number of alkyl halides is 2. The van der Waals surface area contributed by atoms with Crippen LogP contribution in [0, 0.1) is 0 Å². The molecule has 0 bridgehead atoms. The first-order valence-electron chi connectivity index (χ1n) is 6.94. The third-order valence-electron chi connectivity index (χ3n) is 3.37. The third-order valence-corrected chi connectivity index (χ3v) is 3.37. The number of likely N-dealkylation sites (tertiary alicyclic amines) is 1. The smallest absolute Gasteiger partial charge is 0.410 e. The van der Waals surface area contributed by atoms with Gasteiger partial charge in [-0.25, -0.2) is 13.6 Å². The van der Waals surface area contributed by atoms with Crippen molar-refractivity contribution < 1.29 is 18.3 Å². The zero-order chi connectivity index (χ0) is 15.8. The molecule has 1 fully saturated rings. The summed E-state index contributed by atoms with van der Waals surface area (Å²) in [7, 11) is 1.68. The van der Waals surface area contributed by atoms with Crippen molar-refractivity contribution in [3.63, 3.8) is 0 Å². The molecule has 0 aliphatic carbocycles. The summed E-state index contributed by atoms with van der Waals surface area (Å²) in [5, 5.41) is 4.06. The van der Waals surface area contributed by atoms with E-state index >= 15 is 0 Å². The molecule has 5 nitrogen and oxygen atoms in total. The van der Waals surface area contributed by atoms with Crippen molar-refractivity contribution in [1.29, 1.82) is 0 Å². The summed E-state index contributed by atoms with van der Waals surface area (Å²) in [5.41, 5.74) is -0.340. The van der Waals surface area contributed by atoms with Crippen molar-refractivity contribution >= 4 is 6.09 Å². The lowest BCUT2D eigenvalue weighted by Gasteiger charge is -2.38. The number of halogens is 2. The lowest BCUT2D eigenvalue weighted by molar-refractivity contribution is -0.0781. The zero-order valence-electron chi connectivity index (χ0n) is 12.8. The van der Waals surface area contributed by atoms with Crippen LogP contribution in [0.2, 0.25) is 0 Å². The van der Waals surface area contributed by atoms with Gasteiger partial charge in [-0.3, -0.25) is 4.68 Å². The van der Waals surface area contributed by atoms with Crippen LogP contribution in [0.4, 0.5) is 13.6 Å². The predicted molar refractivity (Wildman–Crippen MR) is 73.3 cm³/mol. The number of aryl methyl sites for hydroxylation is 1. The lowest BCUT2D eigenvalue weighted by atomic mass is 9.91. The Morgan fingerprint density at radius 2 is 2.14 bits per heavy atom. The van der Waals surface area contributed by atoms with Crippen molar-refractivity contribution in [3.8, 4) is 0 Å². The largest absolute Gasteiger partial charge is 0.444 e. The maximum absolute atomic E-state index is 14.1. The fraction of sp³-hybridized carbons (Fsp3) is 0.714. The highest BCUT2D eigenvalue weighted by Crippen LogP contribution is 2.39. The summed E-state index contributed by atoms with van der Waals surface area (Å²) >= 11 is 0. The molecule has 2 rings (SSSR count). The Labute approximate surface area is 122 Å². The molecule has 118 valence electrons. The molecule has 0 saturated carbocycles. The molecule has 1 aliphatic rings. The SMILES string of the molecule is Cn1ccc(C2CN(C(=O)OC(C)(C)C)CCC2(F)F)n1. The number of ether oxygens (including phenoxy) is 1. The molecule has 2 heterocycles. The monoisotopic (exact) mass is 301 g/mol. The van der Waals surface area contributed by atoms with Crippen LogP contribution < -0.4 is 0 Å². The lowest BCUT2D eigenvalue weighted by Crippen LogP contribution is -2.49. The number of carbonyl (C=O) groups excluding carboxylic acids is 1. The Hall–Kier alpha value is -1.66. The number of piperidine rings is 1. The number of aromatic nitrogens is 2. The van der Waals surface area contributed by atoms with Crippen molar-refractivity contribution in [3.05, 3.63) is 18.0 Å². The normalized spacial score (nSPS) is 22.2. The van der Waals surface area contributed by atoms with E-state index in [9.17, 15) is 13.6 Å². The number of hydrogen-bond acceptors (Lipinski definition) is 3. The number of hydrogen-bond donors (Lipinski definition) is 0. The van der Waals surface area contributed by atoms with E-state index in [-0.39, 0.29) is 19.5 Å². The minimum absolute atomic E-state index is 0.00868. The van der Waals surface area contributed by atoms with Gasteiger partial charge in [0, 0.05) is 32.8 Å². The van der Waals surface area contributed by atoms with Crippen molar-refractivity contribution in [2.45, 2.75) is 44.6 Å². The Morgan fingerprint density at radius 1 is 1.48 bits per heavy atom. The van der Waals surface area contributed by atoms with Crippen LogP contribution in [-0.4, -0.2) is 45.4 Å². The van der Waals surface area contributed by atoms with Gasteiger partial charge in [0.2, 0.25) is 0 Å². The van der Waals surface area contributed by atoms with Crippen LogP contribution in [0.3, 0.4) is 0 Å². The first-order valence-corrected chi connectivity index (χ1v) is 6.94. The molecule has 21 heavy (non-hydrogen) atoms. The van der Waals surface area contributed by atoms with E-state index < -0.39 is 23.5 Å². The molecule has 1 amide bonds. The molecule has 0 radical (unpaired) electrons. The fourth-order valence-electron chi connectivity index (χ4n) is 2.32. The second kappa shape index (κ2) is 5.27. The highest BCUT2D eigenvalue weighted by Gasteiger charge is 2.47. The van der Waals surface area contributed by atoms with Gasteiger partial charge in [-0.1, -0.05) is 0 Å². The molecule has 1 aromatic heterocycles. The van der Waals surface area contributed by atoms with Crippen LogP contribution >= 0.6 is 0 Å². The number of nitrogens with zero attached hydrogens (tertiary/aromatic N) is 3. The second-order valence-corrected chi connectivity index (χ2v) is 6.40. The van der Waals surface area contributed by atoms with Gasteiger partial charge < -0.3 is 9.64 Å². The molecule has 1 atom stereocenters. The first kappa shape index (κ1) is 15.7. The number of amides is 1. The first-order chi connectivity index (χ1) is 9.58. The minimum atomic E-state index is -2.87. The van der Waals surface area contributed by atoms with Gasteiger partial charge in [0.1, 0.15) is 5.60 Å². The predicted octanol–water partition coefficient (Wildman–Crippen LogP) is 2.78. The van der Waals surface area contributed by atoms with Crippen LogP contribution in [0.5, 0.6) is 0 Å². The quantitative estimate of drug-likeness (QED) is 0.801.